The SMILES string of the molecule is COc1ccc(OC)c(C2CCCN2C(=O)/C=C/c2cnn(C)c2)c1. The second kappa shape index (κ2) is 7.42. The number of hydrogen-bond donors (Lipinski definition) is 0. The number of carbonyl (C=O) groups is 1. The number of hydrogen-bond acceptors (Lipinski definition) is 4. The van der Waals surface area contributed by atoms with E-state index < -0.39 is 0 Å². The van der Waals surface area contributed by atoms with Gasteiger partial charge in [0, 0.05) is 37.0 Å². The molecule has 6 nitrogen and oxygen atoms in total. The summed E-state index contributed by atoms with van der Waals surface area (Å²) in [5.41, 5.74) is 1.90. The minimum Gasteiger partial charge on any atom is -0.497 e. The van der Waals surface area contributed by atoms with E-state index in [0.29, 0.717) is 0 Å². The number of nitrogens with zero attached hydrogens (tertiary/aromatic N) is 3. The molecule has 25 heavy (non-hydrogen) atoms. The van der Waals surface area contributed by atoms with Crippen LogP contribution in [0.4, 0.5) is 0 Å². The Morgan fingerprint density at radius 1 is 1.32 bits per heavy atom. The van der Waals surface area contributed by atoms with Crippen LogP contribution in [0, 0.1) is 0 Å². The maximum absolute atomic E-state index is 12.7. The lowest BCUT2D eigenvalue weighted by Crippen LogP contribution is -2.29. The molecule has 3 rings (SSSR count). The number of rotatable bonds is 5. The molecule has 0 N–H and O–H groups in total. The van der Waals surface area contributed by atoms with Crippen LogP contribution in [0.3, 0.4) is 0 Å². The van der Waals surface area contributed by atoms with Gasteiger partial charge in [0.2, 0.25) is 5.91 Å². The molecule has 2 aromatic rings. The average Bonchev–Trinajstić information content (AvgIpc) is 3.28. The summed E-state index contributed by atoms with van der Waals surface area (Å²) in [5, 5.41) is 4.11. The molecule has 1 fully saturated rings. The summed E-state index contributed by atoms with van der Waals surface area (Å²) in [7, 11) is 5.14. The third-order valence-electron chi connectivity index (χ3n) is 4.47. The number of aromatic nitrogens is 2. The van der Waals surface area contributed by atoms with E-state index in [1.807, 2.05) is 36.3 Å². The third kappa shape index (κ3) is 3.68. The Kier molecular flexibility index (Phi) is 5.07. The van der Waals surface area contributed by atoms with Gasteiger partial charge in [-0.15, -0.1) is 0 Å². The summed E-state index contributed by atoms with van der Waals surface area (Å²) in [5.74, 6) is 1.54. The lowest BCUT2D eigenvalue weighted by Gasteiger charge is -2.25. The van der Waals surface area contributed by atoms with E-state index in [-0.39, 0.29) is 11.9 Å². The fourth-order valence-electron chi connectivity index (χ4n) is 3.24. The largest absolute Gasteiger partial charge is 0.497 e. The number of likely N-dealkylation sites (tertiary alicyclic amines) is 1. The minimum atomic E-state index is -0.00361. The Morgan fingerprint density at radius 3 is 2.84 bits per heavy atom. The van der Waals surface area contributed by atoms with Gasteiger partial charge in [0.05, 0.1) is 26.5 Å². The number of methoxy groups -OCH3 is 2. The molecular formula is C19H23N3O3. The first kappa shape index (κ1) is 17.1. The van der Waals surface area contributed by atoms with Crippen molar-refractivity contribution < 1.29 is 14.3 Å². The molecule has 1 unspecified atom stereocenters. The van der Waals surface area contributed by atoms with E-state index in [4.69, 9.17) is 9.47 Å². The third-order valence-corrected chi connectivity index (χ3v) is 4.47. The first-order valence-electron chi connectivity index (χ1n) is 8.31. The average molecular weight is 341 g/mol. The Balaban J connectivity index is 1.82. The lowest BCUT2D eigenvalue weighted by molar-refractivity contribution is -0.126. The van der Waals surface area contributed by atoms with Crippen molar-refractivity contribution in [3.8, 4) is 11.5 Å². The van der Waals surface area contributed by atoms with E-state index in [0.717, 1.165) is 42.0 Å². The Bertz CT molecular complexity index is 782. The fourth-order valence-corrected chi connectivity index (χ4v) is 3.24. The number of ether oxygens (including phenoxy) is 2. The molecule has 1 aromatic heterocycles. The van der Waals surface area contributed by atoms with Gasteiger partial charge in [-0.3, -0.25) is 9.48 Å². The second-order valence-electron chi connectivity index (χ2n) is 6.08. The van der Waals surface area contributed by atoms with Gasteiger partial charge in [0.1, 0.15) is 11.5 Å². The van der Waals surface area contributed by atoms with Crippen molar-refractivity contribution in [2.24, 2.45) is 7.05 Å². The van der Waals surface area contributed by atoms with Gasteiger partial charge in [0.25, 0.3) is 0 Å². The van der Waals surface area contributed by atoms with Crippen LogP contribution in [0.2, 0.25) is 0 Å². The zero-order chi connectivity index (χ0) is 17.8. The predicted octanol–water partition coefficient (Wildman–Crippen LogP) is 2.81. The van der Waals surface area contributed by atoms with Crippen molar-refractivity contribution in [3.05, 3.63) is 47.8 Å². The van der Waals surface area contributed by atoms with Crippen molar-refractivity contribution in [3.63, 3.8) is 0 Å². The molecule has 1 aliphatic rings. The molecular weight excluding hydrogens is 318 g/mol. The van der Waals surface area contributed by atoms with Crippen LogP contribution in [-0.2, 0) is 11.8 Å². The lowest BCUT2D eigenvalue weighted by atomic mass is 10.0. The van der Waals surface area contributed by atoms with Gasteiger partial charge in [0.15, 0.2) is 0 Å². The molecule has 1 saturated heterocycles. The van der Waals surface area contributed by atoms with Gasteiger partial charge >= 0.3 is 0 Å². The highest BCUT2D eigenvalue weighted by molar-refractivity contribution is 5.92. The van der Waals surface area contributed by atoms with Crippen LogP contribution in [0.1, 0.15) is 30.0 Å². The number of benzene rings is 1. The molecule has 0 spiro atoms. The van der Waals surface area contributed by atoms with E-state index in [9.17, 15) is 4.79 Å². The standard InChI is InChI=1S/C19H23N3O3/c1-21-13-14(12-20-21)6-9-19(23)22-10-4-5-17(22)16-11-15(24-2)7-8-18(16)25-3/h6-9,11-13,17H,4-5,10H2,1-3H3/b9-6+. The van der Waals surface area contributed by atoms with E-state index >= 15 is 0 Å². The predicted molar refractivity (Wildman–Crippen MR) is 95.5 cm³/mol. The van der Waals surface area contributed by atoms with Crippen molar-refractivity contribution in [2.75, 3.05) is 20.8 Å². The number of carbonyl (C=O) groups excluding carboxylic acids is 1. The molecule has 132 valence electrons. The van der Waals surface area contributed by atoms with Gasteiger partial charge in [-0.05, 0) is 37.1 Å². The first-order chi connectivity index (χ1) is 12.1. The quantitative estimate of drug-likeness (QED) is 0.785. The molecule has 0 radical (unpaired) electrons. The number of amides is 1. The van der Waals surface area contributed by atoms with E-state index in [1.165, 1.54) is 0 Å². The molecule has 6 heteroatoms. The van der Waals surface area contributed by atoms with Crippen molar-refractivity contribution in [2.45, 2.75) is 18.9 Å². The summed E-state index contributed by atoms with van der Waals surface area (Å²) < 4.78 is 12.5. The molecule has 0 saturated carbocycles. The fraction of sp³-hybridized carbons (Fsp3) is 0.368. The Labute approximate surface area is 147 Å². The molecule has 0 bridgehead atoms. The molecule has 1 aromatic carbocycles. The van der Waals surface area contributed by atoms with Crippen molar-refractivity contribution in [1.29, 1.82) is 0 Å². The maximum atomic E-state index is 12.7. The van der Waals surface area contributed by atoms with Crippen LogP contribution in [-0.4, -0.2) is 41.4 Å². The molecule has 0 aliphatic carbocycles. The van der Waals surface area contributed by atoms with Gasteiger partial charge in [-0.2, -0.15) is 5.10 Å². The van der Waals surface area contributed by atoms with Gasteiger partial charge < -0.3 is 14.4 Å². The van der Waals surface area contributed by atoms with Crippen LogP contribution in [0.15, 0.2) is 36.7 Å². The highest BCUT2D eigenvalue weighted by Crippen LogP contribution is 2.39. The minimum absolute atomic E-state index is 0.00349. The summed E-state index contributed by atoms with van der Waals surface area (Å²) in [6.45, 7) is 0.737. The zero-order valence-electron chi connectivity index (χ0n) is 14.8. The monoisotopic (exact) mass is 341 g/mol. The maximum Gasteiger partial charge on any atom is 0.247 e. The van der Waals surface area contributed by atoms with Crippen LogP contribution >= 0.6 is 0 Å². The highest BCUT2D eigenvalue weighted by Gasteiger charge is 2.31. The first-order valence-corrected chi connectivity index (χ1v) is 8.31. The van der Waals surface area contributed by atoms with E-state index in [1.54, 1.807) is 37.3 Å². The summed E-state index contributed by atoms with van der Waals surface area (Å²) in [6, 6.07) is 5.71. The molecule has 1 aliphatic heterocycles. The second-order valence-corrected chi connectivity index (χ2v) is 6.08. The Hall–Kier alpha value is -2.76. The summed E-state index contributed by atoms with van der Waals surface area (Å²) in [6.07, 6.45) is 8.90. The topological polar surface area (TPSA) is 56.6 Å². The normalized spacial score (nSPS) is 17.2. The summed E-state index contributed by atoms with van der Waals surface area (Å²) in [4.78, 5) is 14.6. The Morgan fingerprint density at radius 2 is 2.16 bits per heavy atom. The van der Waals surface area contributed by atoms with Gasteiger partial charge in [-0.1, -0.05) is 0 Å². The van der Waals surface area contributed by atoms with Crippen molar-refractivity contribution >= 4 is 12.0 Å². The summed E-state index contributed by atoms with van der Waals surface area (Å²) >= 11 is 0. The van der Waals surface area contributed by atoms with Crippen LogP contribution < -0.4 is 9.47 Å². The van der Waals surface area contributed by atoms with Crippen LogP contribution in [0.5, 0.6) is 11.5 Å². The number of aryl methyl sites for hydroxylation is 1. The molecule has 1 amide bonds. The smallest absolute Gasteiger partial charge is 0.247 e. The van der Waals surface area contributed by atoms with Gasteiger partial charge in [-0.25, -0.2) is 0 Å². The van der Waals surface area contributed by atoms with Crippen molar-refractivity contribution in [1.82, 2.24) is 14.7 Å². The van der Waals surface area contributed by atoms with Crippen LogP contribution in [0.25, 0.3) is 6.08 Å². The zero-order valence-corrected chi connectivity index (χ0v) is 14.8. The highest BCUT2D eigenvalue weighted by atomic mass is 16.5. The van der Waals surface area contributed by atoms with E-state index in [2.05, 4.69) is 5.10 Å². The molecule has 2 heterocycles. The molecule has 1 atom stereocenters.